The van der Waals surface area contributed by atoms with E-state index in [9.17, 15) is 13.2 Å². The summed E-state index contributed by atoms with van der Waals surface area (Å²) in [5, 5.41) is 2.64. The van der Waals surface area contributed by atoms with Gasteiger partial charge in [-0.25, -0.2) is 8.42 Å². The van der Waals surface area contributed by atoms with Gasteiger partial charge < -0.3 is 16.0 Å². The van der Waals surface area contributed by atoms with E-state index in [0.29, 0.717) is 39.3 Å². The van der Waals surface area contributed by atoms with Gasteiger partial charge in [0.2, 0.25) is 15.9 Å². The van der Waals surface area contributed by atoms with E-state index in [4.69, 9.17) is 5.73 Å². The maximum atomic E-state index is 12.4. The molecule has 1 amide bonds. The number of hydrogen-bond acceptors (Lipinski definition) is 5. The smallest absolute Gasteiger partial charge is 0.236 e. The lowest BCUT2D eigenvalue weighted by Crippen LogP contribution is -2.50. The summed E-state index contributed by atoms with van der Waals surface area (Å²) >= 11 is 0. The highest BCUT2D eigenvalue weighted by atomic mass is 35.5. The summed E-state index contributed by atoms with van der Waals surface area (Å²) in [6.07, 6.45) is 1.57. The molecule has 1 aromatic carbocycles. The molecule has 1 aliphatic heterocycles. The zero-order valence-electron chi connectivity index (χ0n) is 15.6. The molecule has 0 atom stereocenters. The second-order valence-electron chi connectivity index (χ2n) is 6.33. The monoisotopic (exact) mass is 440 g/mol. The zero-order chi connectivity index (χ0) is 18.3. The zero-order valence-corrected chi connectivity index (χ0v) is 18.0. The van der Waals surface area contributed by atoms with E-state index in [1.165, 1.54) is 9.87 Å². The molecule has 0 aliphatic carbocycles. The number of aryl methyl sites for hydroxylation is 1. The lowest BCUT2D eigenvalue weighted by atomic mass is 10.2. The maximum absolute atomic E-state index is 12.4. The molecule has 0 aromatic heterocycles. The molecule has 10 heteroatoms. The molecule has 1 aliphatic rings. The largest absolute Gasteiger partial charge is 0.369 e. The summed E-state index contributed by atoms with van der Waals surface area (Å²) < 4.78 is 26.2. The summed E-state index contributed by atoms with van der Waals surface area (Å²) in [5.41, 5.74) is 7.67. The SMILES string of the molecule is Cc1cccc(N2CCN(S(=O)(=O)CC(=O)NCCCCN)CC2)c1.Cl.Cl. The number of amides is 1. The molecule has 2 rings (SSSR count). The maximum Gasteiger partial charge on any atom is 0.236 e. The highest BCUT2D eigenvalue weighted by Crippen LogP contribution is 2.19. The first-order valence-electron chi connectivity index (χ1n) is 8.68. The van der Waals surface area contributed by atoms with Gasteiger partial charge in [-0.2, -0.15) is 4.31 Å². The van der Waals surface area contributed by atoms with Crippen LogP contribution in [-0.4, -0.2) is 63.7 Å². The molecule has 0 saturated carbocycles. The molecule has 1 aromatic rings. The Morgan fingerprint density at radius 2 is 1.81 bits per heavy atom. The van der Waals surface area contributed by atoms with Gasteiger partial charge in [-0.05, 0) is 44.0 Å². The Kier molecular flexibility index (Phi) is 11.9. The highest BCUT2D eigenvalue weighted by molar-refractivity contribution is 7.89. The lowest BCUT2D eigenvalue weighted by Gasteiger charge is -2.35. The minimum atomic E-state index is -3.57. The number of carbonyl (C=O) groups excluding carboxylic acids is 1. The van der Waals surface area contributed by atoms with E-state index >= 15 is 0 Å². The molecule has 3 N–H and O–H groups in total. The Labute approximate surface area is 174 Å². The molecule has 0 spiro atoms. The summed E-state index contributed by atoms with van der Waals surface area (Å²) in [6, 6.07) is 8.17. The van der Waals surface area contributed by atoms with Gasteiger partial charge in [0.05, 0.1) is 0 Å². The summed E-state index contributed by atoms with van der Waals surface area (Å²) in [5.74, 6) is -0.932. The van der Waals surface area contributed by atoms with Crippen LogP contribution in [0.25, 0.3) is 0 Å². The van der Waals surface area contributed by atoms with Gasteiger partial charge >= 0.3 is 0 Å². The molecule has 1 saturated heterocycles. The van der Waals surface area contributed by atoms with Crippen molar-refractivity contribution in [2.24, 2.45) is 5.73 Å². The number of anilines is 1. The average molecular weight is 441 g/mol. The fourth-order valence-corrected chi connectivity index (χ4v) is 4.19. The fraction of sp³-hybridized carbons (Fsp3) is 0.588. The van der Waals surface area contributed by atoms with Crippen molar-refractivity contribution in [3.63, 3.8) is 0 Å². The van der Waals surface area contributed by atoms with Crippen LogP contribution in [0.4, 0.5) is 5.69 Å². The van der Waals surface area contributed by atoms with E-state index < -0.39 is 21.7 Å². The van der Waals surface area contributed by atoms with E-state index in [0.717, 1.165) is 18.5 Å². The number of nitrogens with two attached hydrogens (primary N) is 1. The van der Waals surface area contributed by atoms with Crippen molar-refractivity contribution in [3.05, 3.63) is 29.8 Å². The molecular formula is C17H30Cl2N4O3S. The second-order valence-corrected chi connectivity index (χ2v) is 8.30. The van der Waals surface area contributed by atoms with Crippen molar-refractivity contribution >= 4 is 46.4 Å². The van der Waals surface area contributed by atoms with Gasteiger partial charge in [-0.3, -0.25) is 4.79 Å². The molecule has 7 nitrogen and oxygen atoms in total. The van der Waals surface area contributed by atoms with Crippen molar-refractivity contribution in [1.82, 2.24) is 9.62 Å². The Morgan fingerprint density at radius 1 is 1.15 bits per heavy atom. The van der Waals surface area contributed by atoms with Gasteiger partial charge in [0.1, 0.15) is 5.75 Å². The first-order valence-corrected chi connectivity index (χ1v) is 10.3. The van der Waals surface area contributed by atoms with E-state index in [2.05, 4.69) is 16.3 Å². The Hall–Kier alpha value is -1.06. The summed E-state index contributed by atoms with van der Waals surface area (Å²) in [4.78, 5) is 14.0. The molecule has 1 fully saturated rings. The first kappa shape index (κ1) is 25.9. The van der Waals surface area contributed by atoms with Gasteiger partial charge in [-0.1, -0.05) is 12.1 Å². The predicted octanol–water partition coefficient (Wildman–Crippen LogP) is 1.15. The topological polar surface area (TPSA) is 95.7 Å². The van der Waals surface area contributed by atoms with Gasteiger partial charge in [0.25, 0.3) is 0 Å². The fourth-order valence-electron chi connectivity index (χ4n) is 2.85. The van der Waals surface area contributed by atoms with E-state index in [-0.39, 0.29) is 24.8 Å². The predicted molar refractivity (Wildman–Crippen MR) is 115 cm³/mol. The minimum absolute atomic E-state index is 0. The number of rotatable bonds is 8. The molecule has 1 heterocycles. The number of sulfonamides is 1. The highest BCUT2D eigenvalue weighted by Gasteiger charge is 2.28. The standard InChI is InChI=1S/C17H28N4O3S.2ClH/c1-15-5-4-6-16(13-15)20-9-11-21(12-10-20)25(23,24)14-17(22)19-8-3-2-7-18;;/h4-6,13H,2-3,7-12,14,18H2,1H3,(H,19,22);2*1H. The van der Waals surface area contributed by atoms with E-state index in [1.54, 1.807) is 0 Å². The average Bonchev–Trinajstić information content (AvgIpc) is 2.58. The van der Waals surface area contributed by atoms with Crippen LogP contribution in [0.3, 0.4) is 0 Å². The Morgan fingerprint density at radius 3 is 2.41 bits per heavy atom. The Bertz CT molecular complexity index is 681. The summed E-state index contributed by atoms with van der Waals surface area (Å²) in [7, 11) is -3.57. The second kappa shape index (κ2) is 12.4. The number of halogens is 2. The van der Waals surface area contributed by atoms with Gasteiger partial charge in [0.15, 0.2) is 0 Å². The molecule has 27 heavy (non-hydrogen) atoms. The number of unbranched alkanes of at least 4 members (excludes halogenated alkanes) is 1. The van der Waals surface area contributed by atoms with Crippen LogP contribution in [0.2, 0.25) is 0 Å². The van der Waals surface area contributed by atoms with Crippen LogP contribution in [0.15, 0.2) is 24.3 Å². The quantitative estimate of drug-likeness (QED) is 0.590. The lowest BCUT2D eigenvalue weighted by molar-refractivity contribution is -0.118. The molecule has 0 unspecified atom stereocenters. The normalized spacial score (nSPS) is 14.8. The minimum Gasteiger partial charge on any atom is -0.369 e. The van der Waals surface area contributed by atoms with Gasteiger partial charge in [0, 0.05) is 38.4 Å². The number of hydrogen-bond donors (Lipinski definition) is 2. The van der Waals surface area contributed by atoms with Crippen LogP contribution in [0.5, 0.6) is 0 Å². The van der Waals surface area contributed by atoms with Crippen molar-refractivity contribution in [2.45, 2.75) is 19.8 Å². The van der Waals surface area contributed by atoms with Crippen molar-refractivity contribution < 1.29 is 13.2 Å². The van der Waals surface area contributed by atoms with Crippen LogP contribution in [0.1, 0.15) is 18.4 Å². The van der Waals surface area contributed by atoms with Gasteiger partial charge in [-0.15, -0.1) is 24.8 Å². The van der Waals surface area contributed by atoms with Crippen LogP contribution >= 0.6 is 24.8 Å². The first-order chi connectivity index (χ1) is 11.9. The number of nitrogens with zero attached hydrogens (tertiary/aromatic N) is 2. The molecule has 0 bridgehead atoms. The van der Waals surface area contributed by atoms with Crippen molar-refractivity contribution in [3.8, 4) is 0 Å². The number of carbonyl (C=O) groups is 1. The van der Waals surface area contributed by atoms with E-state index in [1.807, 2.05) is 25.1 Å². The third-order valence-electron chi connectivity index (χ3n) is 4.27. The van der Waals surface area contributed by atoms with Crippen molar-refractivity contribution in [1.29, 1.82) is 0 Å². The third kappa shape index (κ3) is 8.23. The number of piperazine rings is 1. The molecule has 156 valence electrons. The van der Waals surface area contributed by atoms with Crippen LogP contribution in [0, 0.1) is 6.92 Å². The number of benzene rings is 1. The number of nitrogens with one attached hydrogen (secondary N) is 1. The molecule has 0 radical (unpaired) electrons. The Balaban J connectivity index is 0.00000338. The van der Waals surface area contributed by atoms with Crippen molar-refractivity contribution in [2.75, 3.05) is 49.9 Å². The van der Waals surface area contributed by atoms with Crippen LogP contribution in [-0.2, 0) is 14.8 Å². The third-order valence-corrected chi connectivity index (χ3v) is 6.04. The van der Waals surface area contributed by atoms with Crippen LogP contribution < -0.4 is 16.0 Å². The summed E-state index contributed by atoms with van der Waals surface area (Å²) in [6.45, 7) is 5.12. The molecular weight excluding hydrogens is 411 g/mol.